The van der Waals surface area contributed by atoms with Crippen LogP contribution < -0.4 is 0 Å². The van der Waals surface area contributed by atoms with Crippen molar-refractivity contribution < 1.29 is 9.53 Å². The van der Waals surface area contributed by atoms with Gasteiger partial charge >= 0.3 is 5.97 Å². The molecule has 0 saturated heterocycles. The molecule has 96 valence electrons. The quantitative estimate of drug-likeness (QED) is 0.559. The minimum Gasteiger partial charge on any atom is -0.469 e. The number of hydrogen-bond acceptors (Lipinski definition) is 2. The lowest BCUT2D eigenvalue weighted by Gasteiger charge is -2.12. The minimum absolute atomic E-state index is 0.103. The van der Waals surface area contributed by atoms with Gasteiger partial charge in [-0.25, -0.2) is 0 Å². The summed E-state index contributed by atoms with van der Waals surface area (Å²) < 4.78 is 4.85. The Bertz CT molecular complexity index is 417. The third-order valence-corrected chi connectivity index (χ3v) is 3.48. The Balaban J connectivity index is 2.13. The molecule has 18 heavy (non-hydrogen) atoms. The number of carbonyl (C=O) groups is 1. The zero-order valence-corrected chi connectivity index (χ0v) is 10.9. The van der Waals surface area contributed by atoms with Gasteiger partial charge < -0.3 is 4.74 Å². The summed E-state index contributed by atoms with van der Waals surface area (Å²) in [5, 5.41) is 0. The summed E-state index contributed by atoms with van der Waals surface area (Å²) >= 11 is 0. The van der Waals surface area contributed by atoms with E-state index in [1.165, 1.54) is 18.2 Å². The molecule has 2 nitrogen and oxygen atoms in total. The molecule has 2 heteroatoms. The van der Waals surface area contributed by atoms with E-state index in [4.69, 9.17) is 4.74 Å². The maximum Gasteiger partial charge on any atom is 0.312 e. The normalized spacial score (nSPS) is 21.7. The molecule has 0 spiro atoms. The Morgan fingerprint density at radius 1 is 1.17 bits per heavy atom. The molecular formula is C16H20O2. The van der Waals surface area contributed by atoms with E-state index in [0.717, 1.165) is 32.1 Å². The van der Waals surface area contributed by atoms with Crippen LogP contribution in [0.5, 0.6) is 0 Å². The van der Waals surface area contributed by atoms with E-state index in [1.807, 2.05) is 6.08 Å². The van der Waals surface area contributed by atoms with E-state index in [9.17, 15) is 4.79 Å². The fourth-order valence-corrected chi connectivity index (χ4v) is 2.32. The molecule has 2 aliphatic rings. The van der Waals surface area contributed by atoms with Crippen LogP contribution in [0.25, 0.3) is 0 Å². The standard InChI is InChI=1S/C16H20O2/c1-18-16(17)15-6-4-2-3-5-13-7-9-14(10-8-13)11-12-15/h4,6-10,15H,2-3,5,11-12H2,1H3/b6-4-. The van der Waals surface area contributed by atoms with E-state index in [0.29, 0.717) is 0 Å². The van der Waals surface area contributed by atoms with E-state index >= 15 is 0 Å². The maximum atomic E-state index is 11.7. The molecule has 2 bridgehead atoms. The lowest BCUT2D eigenvalue weighted by atomic mass is 9.96. The van der Waals surface area contributed by atoms with Crippen molar-refractivity contribution in [2.24, 2.45) is 5.92 Å². The summed E-state index contributed by atoms with van der Waals surface area (Å²) in [6.45, 7) is 0. The number of esters is 1. The van der Waals surface area contributed by atoms with Crippen LogP contribution in [0.1, 0.15) is 30.4 Å². The average Bonchev–Trinajstić information content (AvgIpc) is 2.39. The zero-order valence-electron chi connectivity index (χ0n) is 10.9. The van der Waals surface area contributed by atoms with Crippen LogP contribution in [-0.2, 0) is 22.4 Å². The first-order chi connectivity index (χ1) is 8.79. The Morgan fingerprint density at radius 3 is 2.50 bits per heavy atom. The van der Waals surface area contributed by atoms with Gasteiger partial charge in [0.05, 0.1) is 13.0 Å². The van der Waals surface area contributed by atoms with Gasteiger partial charge in [0.1, 0.15) is 0 Å². The highest BCUT2D eigenvalue weighted by atomic mass is 16.5. The van der Waals surface area contributed by atoms with E-state index in [2.05, 4.69) is 30.3 Å². The number of aryl methyl sites for hydroxylation is 2. The Kier molecular flexibility index (Phi) is 4.57. The number of fused-ring (bicyclic) bond motifs is 8. The van der Waals surface area contributed by atoms with Crippen LogP contribution in [0.3, 0.4) is 0 Å². The summed E-state index contributed by atoms with van der Waals surface area (Å²) in [5.41, 5.74) is 2.69. The van der Waals surface area contributed by atoms with Gasteiger partial charge in [0.25, 0.3) is 0 Å². The number of benzene rings is 1. The van der Waals surface area contributed by atoms with Crippen molar-refractivity contribution in [2.45, 2.75) is 32.1 Å². The number of rotatable bonds is 1. The summed E-state index contributed by atoms with van der Waals surface area (Å²) in [4.78, 5) is 11.7. The Labute approximate surface area is 109 Å². The topological polar surface area (TPSA) is 26.3 Å². The fourth-order valence-electron chi connectivity index (χ4n) is 2.32. The van der Waals surface area contributed by atoms with Gasteiger partial charge in [0.15, 0.2) is 0 Å². The molecular weight excluding hydrogens is 224 g/mol. The van der Waals surface area contributed by atoms with Gasteiger partial charge in [-0.1, -0.05) is 36.4 Å². The van der Waals surface area contributed by atoms with Crippen LogP contribution in [0.2, 0.25) is 0 Å². The van der Waals surface area contributed by atoms with Crippen molar-refractivity contribution >= 4 is 5.97 Å². The molecule has 0 aromatic heterocycles. The number of allylic oxidation sites excluding steroid dienone is 1. The average molecular weight is 244 g/mol. The van der Waals surface area contributed by atoms with E-state index in [-0.39, 0.29) is 11.9 Å². The van der Waals surface area contributed by atoms with Crippen molar-refractivity contribution in [2.75, 3.05) is 7.11 Å². The molecule has 0 fully saturated rings. The maximum absolute atomic E-state index is 11.7. The summed E-state index contributed by atoms with van der Waals surface area (Å²) in [6, 6.07) is 8.76. The molecule has 0 aliphatic heterocycles. The van der Waals surface area contributed by atoms with Gasteiger partial charge in [-0.2, -0.15) is 0 Å². The predicted octanol–water partition coefficient (Wildman–Crippen LogP) is 3.30. The van der Waals surface area contributed by atoms with Gasteiger partial charge in [0.2, 0.25) is 0 Å². The van der Waals surface area contributed by atoms with Gasteiger partial charge in [0, 0.05) is 0 Å². The molecule has 0 heterocycles. The second kappa shape index (κ2) is 6.39. The summed E-state index contributed by atoms with van der Waals surface area (Å²) in [7, 11) is 1.46. The Hall–Kier alpha value is -1.57. The SMILES string of the molecule is COC(=O)C1/C=C\CCCc2ccc(cc2)CC1. The van der Waals surface area contributed by atoms with Crippen molar-refractivity contribution in [3.8, 4) is 0 Å². The van der Waals surface area contributed by atoms with Gasteiger partial charge in [-0.3, -0.25) is 4.79 Å². The smallest absolute Gasteiger partial charge is 0.312 e. The van der Waals surface area contributed by atoms with Crippen LogP contribution in [0.4, 0.5) is 0 Å². The highest BCUT2D eigenvalue weighted by Gasteiger charge is 2.15. The molecule has 1 aromatic rings. The van der Waals surface area contributed by atoms with Crippen molar-refractivity contribution in [1.29, 1.82) is 0 Å². The van der Waals surface area contributed by atoms with Crippen molar-refractivity contribution in [3.05, 3.63) is 47.5 Å². The highest BCUT2D eigenvalue weighted by molar-refractivity contribution is 5.74. The van der Waals surface area contributed by atoms with E-state index in [1.54, 1.807) is 0 Å². The Morgan fingerprint density at radius 2 is 1.83 bits per heavy atom. The second-order valence-electron chi connectivity index (χ2n) is 4.81. The fraction of sp³-hybridized carbons (Fsp3) is 0.438. The second-order valence-corrected chi connectivity index (χ2v) is 4.81. The molecule has 0 radical (unpaired) electrons. The summed E-state index contributed by atoms with van der Waals surface area (Å²) in [5.74, 6) is -0.228. The third kappa shape index (κ3) is 3.46. The number of hydrogen-bond donors (Lipinski definition) is 0. The van der Waals surface area contributed by atoms with Crippen LogP contribution in [0, 0.1) is 5.92 Å². The first kappa shape index (κ1) is 12.9. The highest BCUT2D eigenvalue weighted by Crippen LogP contribution is 2.17. The zero-order chi connectivity index (χ0) is 12.8. The van der Waals surface area contributed by atoms with Crippen LogP contribution in [0.15, 0.2) is 36.4 Å². The molecule has 1 unspecified atom stereocenters. The predicted molar refractivity (Wildman–Crippen MR) is 72.3 cm³/mol. The largest absolute Gasteiger partial charge is 0.469 e. The molecule has 1 aromatic carbocycles. The van der Waals surface area contributed by atoms with Crippen molar-refractivity contribution in [3.63, 3.8) is 0 Å². The molecule has 0 amide bonds. The van der Waals surface area contributed by atoms with Crippen molar-refractivity contribution in [1.82, 2.24) is 0 Å². The number of methoxy groups -OCH3 is 1. The first-order valence-electron chi connectivity index (χ1n) is 6.62. The van der Waals surface area contributed by atoms with Crippen LogP contribution >= 0.6 is 0 Å². The van der Waals surface area contributed by atoms with Gasteiger partial charge in [-0.05, 0) is 43.2 Å². The lowest BCUT2D eigenvalue weighted by Crippen LogP contribution is -2.15. The van der Waals surface area contributed by atoms with Gasteiger partial charge in [-0.15, -0.1) is 0 Å². The van der Waals surface area contributed by atoms with E-state index < -0.39 is 0 Å². The first-order valence-corrected chi connectivity index (χ1v) is 6.62. The molecule has 0 N–H and O–H groups in total. The third-order valence-electron chi connectivity index (χ3n) is 3.48. The molecule has 2 aliphatic carbocycles. The van der Waals surface area contributed by atoms with Crippen LogP contribution in [-0.4, -0.2) is 13.1 Å². The monoisotopic (exact) mass is 244 g/mol. The molecule has 0 saturated carbocycles. The summed E-state index contributed by atoms with van der Waals surface area (Å²) in [6.07, 6.45) is 9.13. The lowest BCUT2D eigenvalue weighted by molar-refractivity contribution is -0.143. The number of ether oxygens (including phenoxy) is 1. The molecule has 1 atom stereocenters. The number of carbonyl (C=O) groups excluding carboxylic acids is 1. The minimum atomic E-state index is -0.125. The molecule has 3 rings (SSSR count).